The van der Waals surface area contributed by atoms with Crippen molar-refractivity contribution >= 4 is 31.8 Å². The van der Waals surface area contributed by atoms with Crippen LogP contribution in [-0.4, -0.2) is 55.4 Å². The van der Waals surface area contributed by atoms with E-state index in [1.165, 1.54) is 0 Å². The fraction of sp³-hybridized carbons (Fsp3) is 1.00. The normalized spacial score (nSPS) is 13.7. The molecule has 188 valence electrons. The number of hydrogen-bond acceptors (Lipinski definition) is 7. The maximum Gasteiger partial charge on any atom is 0.330 e. The monoisotopic (exact) mass is 518 g/mol. The van der Waals surface area contributed by atoms with E-state index in [1.54, 1.807) is 0 Å². The van der Waals surface area contributed by atoms with E-state index < -0.39 is 31.8 Å². The first-order valence-electron chi connectivity index (χ1n) is 12.1. The van der Waals surface area contributed by atoms with E-state index in [9.17, 15) is 9.13 Å². The molecule has 0 fully saturated rings. The Balaban J connectivity index is 5.60. The van der Waals surface area contributed by atoms with Crippen molar-refractivity contribution in [3.05, 3.63) is 0 Å². The summed E-state index contributed by atoms with van der Waals surface area (Å²) in [5.41, 5.74) is 0. The molecular weight excluding hydrogens is 470 g/mol. The second-order valence-corrected chi connectivity index (χ2v) is 21.5. The summed E-state index contributed by atoms with van der Waals surface area (Å²) in [6.45, 7) is 17.6. The smallest absolute Gasteiger partial charge is 0.330 e. The van der Waals surface area contributed by atoms with Crippen molar-refractivity contribution < 1.29 is 31.3 Å². The molecule has 0 aliphatic rings. The first kappa shape index (κ1) is 31.7. The fourth-order valence-electron chi connectivity index (χ4n) is 3.86. The van der Waals surface area contributed by atoms with Crippen molar-refractivity contribution in [2.75, 3.05) is 38.8 Å². The molecular formula is C20H48O7P2Si2. The van der Waals surface area contributed by atoms with Gasteiger partial charge in [-0.05, 0) is 64.0 Å². The summed E-state index contributed by atoms with van der Waals surface area (Å²) in [5, 5.41) is 0. The number of rotatable bonds is 20. The van der Waals surface area contributed by atoms with E-state index >= 15 is 0 Å². The zero-order valence-corrected chi connectivity index (χ0v) is 25.0. The topological polar surface area (TPSA) is 80.3 Å². The van der Waals surface area contributed by atoms with Gasteiger partial charge in [0, 0.05) is 12.3 Å². The Labute approximate surface area is 193 Å². The zero-order valence-electron chi connectivity index (χ0n) is 21.2. The van der Waals surface area contributed by atoms with Crippen LogP contribution >= 0.6 is 15.2 Å². The van der Waals surface area contributed by atoms with Crippen LogP contribution in [0.1, 0.15) is 55.4 Å². The average Bonchev–Trinajstić information content (AvgIpc) is 2.75. The van der Waals surface area contributed by atoms with E-state index in [0.29, 0.717) is 38.8 Å². The average molecular weight is 519 g/mol. The molecule has 31 heavy (non-hydrogen) atoms. The lowest BCUT2D eigenvalue weighted by Gasteiger charge is -2.42. The minimum Gasteiger partial charge on any atom is -0.455 e. The Bertz CT molecular complexity index is 502. The van der Waals surface area contributed by atoms with Crippen molar-refractivity contribution in [1.29, 1.82) is 0 Å². The highest BCUT2D eigenvalue weighted by Crippen LogP contribution is 2.52. The van der Waals surface area contributed by atoms with Crippen LogP contribution in [0.5, 0.6) is 0 Å². The third-order valence-electron chi connectivity index (χ3n) is 6.00. The van der Waals surface area contributed by atoms with Gasteiger partial charge >= 0.3 is 15.2 Å². The maximum absolute atomic E-state index is 13.1. The predicted octanol–water partition coefficient (Wildman–Crippen LogP) is 7.51. The Morgan fingerprint density at radius 1 is 0.516 bits per heavy atom. The van der Waals surface area contributed by atoms with E-state index in [1.807, 2.05) is 27.7 Å². The Kier molecular flexibility index (Phi) is 15.9. The molecule has 0 N–H and O–H groups in total. The van der Waals surface area contributed by atoms with Gasteiger partial charge in [-0.2, -0.15) is 0 Å². The van der Waals surface area contributed by atoms with Gasteiger partial charge in [-0.3, -0.25) is 9.13 Å². The van der Waals surface area contributed by atoms with Crippen LogP contribution in [0.25, 0.3) is 0 Å². The van der Waals surface area contributed by atoms with Crippen molar-refractivity contribution in [3.8, 4) is 0 Å². The highest BCUT2D eigenvalue weighted by atomic mass is 31.2. The Morgan fingerprint density at radius 2 is 0.774 bits per heavy atom. The van der Waals surface area contributed by atoms with Gasteiger partial charge in [-0.15, -0.1) is 0 Å². The molecule has 0 aromatic carbocycles. The van der Waals surface area contributed by atoms with Crippen LogP contribution in [0, 0.1) is 0 Å². The van der Waals surface area contributed by atoms with Crippen LogP contribution in [0.4, 0.5) is 0 Å². The minimum atomic E-state index is -3.10. The molecule has 0 radical (unpaired) electrons. The molecule has 0 saturated carbocycles. The van der Waals surface area contributed by atoms with Gasteiger partial charge in [-0.1, -0.05) is 27.7 Å². The lowest BCUT2D eigenvalue weighted by atomic mass is 10.9. The van der Waals surface area contributed by atoms with Gasteiger partial charge in [0.25, 0.3) is 0 Å². The summed E-state index contributed by atoms with van der Waals surface area (Å²) in [5.74, 6) is 0. The van der Waals surface area contributed by atoms with E-state index in [2.05, 4.69) is 27.7 Å². The molecule has 0 atom stereocenters. The lowest BCUT2D eigenvalue weighted by Crippen LogP contribution is -2.51. The minimum absolute atomic E-state index is 0.373. The summed E-state index contributed by atoms with van der Waals surface area (Å²) >= 11 is 0. The van der Waals surface area contributed by atoms with Crippen molar-refractivity contribution in [2.45, 2.75) is 91.7 Å². The highest BCUT2D eigenvalue weighted by Gasteiger charge is 2.44. The molecule has 11 heteroatoms. The molecule has 0 unspecified atom stereocenters. The van der Waals surface area contributed by atoms with Gasteiger partial charge in [0.05, 0.1) is 26.4 Å². The SMILES string of the molecule is CCOP(=O)(CC[Si](CC)(CC)O[Si](CC)(CC)CCP(=O)(OCC)OCC)OCC. The van der Waals surface area contributed by atoms with E-state index in [0.717, 1.165) is 36.3 Å². The summed E-state index contributed by atoms with van der Waals surface area (Å²) in [6, 6.07) is 5.30. The predicted molar refractivity (Wildman–Crippen MR) is 136 cm³/mol. The Hall–Kier alpha value is 0.694. The number of hydrogen-bond donors (Lipinski definition) is 0. The lowest BCUT2D eigenvalue weighted by molar-refractivity contribution is 0.220. The molecule has 0 saturated heterocycles. The second-order valence-electron chi connectivity index (χ2n) is 7.72. The van der Waals surface area contributed by atoms with E-state index in [4.69, 9.17) is 22.2 Å². The molecule has 0 amide bonds. The van der Waals surface area contributed by atoms with E-state index in [-0.39, 0.29) is 0 Å². The summed E-state index contributed by atoms with van der Waals surface area (Å²) in [6.07, 6.45) is 0.799. The van der Waals surface area contributed by atoms with Gasteiger partial charge in [-0.25, -0.2) is 0 Å². The van der Waals surface area contributed by atoms with Crippen LogP contribution in [0.3, 0.4) is 0 Å². The maximum atomic E-state index is 13.1. The summed E-state index contributed by atoms with van der Waals surface area (Å²) < 4.78 is 55.4. The van der Waals surface area contributed by atoms with Crippen molar-refractivity contribution in [2.24, 2.45) is 0 Å². The third kappa shape index (κ3) is 10.7. The molecule has 0 spiro atoms. The molecule has 0 heterocycles. The largest absolute Gasteiger partial charge is 0.455 e. The van der Waals surface area contributed by atoms with Crippen LogP contribution < -0.4 is 0 Å². The van der Waals surface area contributed by atoms with Gasteiger partial charge in [0.15, 0.2) is 16.6 Å². The molecule has 0 bridgehead atoms. The zero-order chi connectivity index (χ0) is 24.0. The summed E-state index contributed by atoms with van der Waals surface area (Å²) in [4.78, 5) is 0. The van der Waals surface area contributed by atoms with Crippen LogP contribution in [-0.2, 0) is 31.3 Å². The molecule has 0 aromatic rings. The highest BCUT2D eigenvalue weighted by molar-refractivity contribution is 7.54. The molecule has 7 nitrogen and oxygen atoms in total. The second kappa shape index (κ2) is 15.6. The standard InChI is InChI=1S/C20H48O7P2Si2/c1-9-23-28(21,24-10-2)17-19-30(13-5,14-6)27-31(15-7,16-8)20-18-29(22,25-11-3)26-12-4/h9-20H2,1-8H3. The van der Waals surface area contributed by atoms with Crippen LogP contribution in [0.2, 0.25) is 36.3 Å². The van der Waals surface area contributed by atoms with Gasteiger partial charge < -0.3 is 22.2 Å². The first-order chi connectivity index (χ1) is 14.6. The first-order valence-corrected chi connectivity index (χ1v) is 20.6. The molecule has 0 aliphatic heterocycles. The molecule has 0 aliphatic carbocycles. The summed E-state index contributed by atoms with van der Waals surface area (Å²) in [7, 11) is -10.5. The molecule has 0 rings (SSSR count). The Morgan fingerprint density at radius 3 is 0.968 bits per heavy atom. The molecule has 0 aromatic heterocycles. The van der Waals surface area contributed by atoms with Crippen molar-refractivity contribution in [3.63, 3.8) is 0 Å². The third-order valence-corrected chi connectivity index (χ3v) is 21.9. The van der Waals surface area contributed by atoms with Gasteiger partial charge in [0.2, 0.25) is 0 Å². The fourth-order valence-corrected chi connectivity index (χ4v) is 20.8. The quantitative estimate of drug-likeness (QED) is 0.122. The van der Waals surface area contributed by atoms with Crippen LogP contribution in [0.15, 0.2) is 0 Å². The van der Waals surface area contributed by atoms with Gasteiger partial charge in [0.1, 0.15) is 0 Å². The van der Waals surface area contributed by atoms with Crippen molar-refractivity contribution in [1.82, 2.24) is 0 Å².